The predicted molar refractivity (Wildman–Crippen MR) is 68.3 cm³/mol. The molecule has 8 heteroatoms. The lowest BCUT2D eigenvalue weighted by molar-refractivity contribution is -0.116. The van der Waals surface area contributed by atoms with Gasteiger partial charge in [-0.3, -0.25) is 14.3 Å². The molecule has 0 radical (unpaired) electrons. The molecule has 8 nitrogen and oxygen atoms in total. The molecule has 2 heterocycles. The Bertz CT molecular complexity index is 710. The Morgan fingerprint density at radius 3 is 2.85 bits per heavy atom. The zero-order valence-corrected chi connectivity index (χ0v) is 10.2. The van der Waals surface area contributed by atoms with E-state index in [1.54, 1.807) is 0 Å². The van der Waals surface area contributed by atoms with Crippen LogP contribution in [0.3, 0.4) is 0 Å². The highest BCUT2D eigenvalue weighted by Crippen LogP contribution is 2.08. The summed E-state index contributed by atoms with van der Waals surface area (Å²) in [5.74, 6) is -1.62. The van der Waals surface area contributed by atoms with Crippen LogP contribution in [0.25, 0.3) is 0 Å². The van der Waals surface area contributed by atoms with Gasteiger partial charge in [-0.15, -0.1) is 0 Å². The number of nitrogens with one attached hydrogen (secondary N) is 1. The van der Waals surface area contributed by atoms with Gasteiger partial charge in [0.05, 0.1) is 17.4 Å². The van der Waals surface area contributed by atoms with E-state index in [1.807, 2.05) is 0 Å². The zero-order chi connectivity index (χ0) is 14.5. The number of aromatic nitrogens is 3. The van der Waals surface area contributed by atoms with Gasteiger partial charge < -0.3 is 10.4 Å². The smallest absolute Gasteiger partial charge is 0.347 e. The van der Waals surface area contributed by atoms with Crippen molar-refractivity contribution in [2.24, 2.45) is 0 Å². The fourth-order valence-corrected chi connectivity index (χ4v) is 1.49. The molecule has 0 aliphatic carbocycles. The number of anilines is 1. The van der Waals surface area contributed by atoms with Crippen LogP contribution in [0, 0.1) is 0 Å². The molecule has 2 rings (SSSR count). The van der Waals surface area contributed by atoms with E-state index >= 15 is 0 Å². The van der Waals surface area contributed by atoms with E-state index in [9.17, 15) is 14.4 Å². The number of carboxylic acids is 1. The van der Waals surface area contributed by atoms with E-state index in [0.717, 1.165) is 4.57 Å². The van der Waals surface area contributed by atoms with Crippen LogP contribution in [0.4, 0.5) is 5.69 Å². The van der Waals surface area contributed by atoms with Crippen LogP contribution in [0.1, 0.15) is 10.4 Å². The number of aromatic carboxylic acids is 1. The molecule has 0 spiro atoms. The van der Waals surface area contributed by atoms with Crippen molar-refractivity contribution in [3.8, 4) is 0 Å². The van der Waals surface area contributed by atoms with Gasteiger partial charge in [0.25, 0.3) is 0 Å². The molecule has 0 aliphatic rings. The van der Waals surface area contributed by atoms with Crippen molar-refractivity contribution in [3.63, 3.8) is 0 Å². The summed E-state index contributed by atoms with van der Waals surface area (Å²) in [4.78, 5) is 41.1. The second-order valence-corrected chi connectivity index (χ2v) is 3.85. The first-order chi connectivity index (χ1) is 9.56. The minimum absolute atomic E-state index is 0.0404. The van der Waals surface area contributed by atoms with E-state index in [0.29, 0.717) is 0 Å². The minimum atomic E-state index is -1.14. The van der Waals surface area contributed by atoms with Crippen molar-refractivity contribution >= 4 is 17.6 Å². The van der Waals surface area contributed by atoms with Gasteiger partial charge in [0, 0.05) is 18.6 Å². The Balaban J connectivity index is 2.09. The molecule has 0 fully saturated rings. The molecule has 0 aliphatic heterocycles. The lowest BCUT2D eigenvalue weighted by Gasteiger charge is -2.06. The van der Waals surface area contributed by atoms with E-state index in [-0.39, 0.29) is 17.8 Å². The van der Waals surface area contributed by atoms with E-state index in [2.05, 4.69) is 15.3 Å². The van der Waals surface area contributed by atoms with Crippen LogP contribution in [0.5, 0.6) is 0 Å². The molecule has 0 unspecified atom stereocenters. The summed E-state index contributed by atoms with van der Waals surface area (Å²) in [7, 11) is 0. The van der Waals surface area contributed by atoms with Crippen molar-refractivity contribution in [1.29, 1.82) is 0 Å². The summed E-state index contributed by atoms with van der Waals surface area (Å²) >= 11 is 0. The van der Waals surface area contributed by atoms with Crippen LogP contribution < -0.4 is 11.0 Å². The van der Waals surface area contributed by atoms with Gasteiger partial charge in [-0.25, -0.2) is 14.6 Å². The van der Waals surface area contributed by atoms with Gasteiger partial charge in [0.2, 0.25) is 5.91 Å². The maximum atomic E-state index is 11.7. The number of carboxylic acid groups (broad SMARTS) is 1. The lowest BCUT2D eigenvalue weighted by atomic mass is 10.2. The highest BCUT2D eigenvalue weighted by atomic mass is 16.4. The summed E-state index contributed by atoms with van der Waals surface area (Å²) in [5, 5.41) is 11.3. The Hall–Kier alpha value is -3.03. The first-order valence-electron chi connectivity index (χ1n) is 5.56. The predicted octanol–water partition coefficient (Wildman–Crippen LogP) is -0.0248. The van der Waals surface area contributed by atoms with Gasteiger partial charge in [-0.1, -0.05) is 0 Å². The van der Waals surface area contributed by atoms with E-state index in [1.165, 1.54) is 36.9 Å². The summed E-state index contributed by atoms with van der Waals surface area (Å²) in [6, 6.07) is 2.81. The summed E-state index contributed by atoms with van der Waals surface area (Å²) < 4.78 is 1.13. The lowest BCUT2D eigenvalue weighted by Crippen LogP contribution is -2.28. The molecule has 20 heavy (non-hydrogen) atoms. The molecular formula is C12H10N4O4. The zero-order valence-electron chi connectivity index (χ0n) is 10.2. The Morgan fingerprint density at radius 1 is 1.35 bits per heavy atom. The first-order valence-corrected chi connectivity index (χ1v) is 5.56. The van der Waals surface area contributed by atoms with Gasteiger partial charge >= 0.3 is 11.7 Å². The monoisotopic (exact) mass is 274 g/mol. The highest BCUT2D eigenvalue weighted by molar-refractivity contribution is 5.93. The number of amides is 1. The third-order valence-electron chi connectivity index (χ3n) is 2.37. The largest absolute Gasteiger partial charge is 0.478 e. The Labute approximate surface area is 112 Å². The molecule has 0 atom stereocenters. The molecule has 0 bridgehead atoms. The number of hydrogen-bond donors (Lipinski definition) is 2. The summed E-state index contributed by atoms with van der Waals surface area (Å²) in [6.45, 7) is -0.218. The third kappa shape index (κ3) is 3.25. The van der Waals surface area contributed by atoms with Crippen molar-refractivity contribution in [2.75, 3.05) is 5.32 Å². The molecular weight excluding hydrogens is 264 g/mol. The Morgan fingerprint density at radius 2 is 2.15 bits per heavy atom. The average molecular weight is 274 g/mol. The molecule has 2 aromatic rings. The molecule has 102 valence electrons. The van der Waals surface area contributed by atoms with Crippen LogP contribution in [0.15, 0.2) is 41.7 Å². The second-order valence-electron chi connectivity index (χ2n) is 3.85. The van der Waals surface area contributed by atoms with Crippen LogP contribution >= 0.6 is 0 Å². The van der Waals surface area contributed by atoms with E-state index < -0.39 is 17.6 Å². The summed E-state index contributed by atoms with van der Waals surface area (Å²) in [5.41, 5.74) is -0.340. The third-order valence-corrected chi connectivity index (χ3v) is 2.37. The fourth-order valence-electron chi connectivity index (χ4n) is 1.49. The van der Waals surface area contributed by atoms with Crippen molar-refractivity contribution < 1.29 is 14.7 Å². The standard InChI is InChI=1S/C12H10N4O4/c17-10(7-16-3-1-2-14-12(16)20)15-9-4-8(11(18)19)5-13-6-9/h1-6H,7H2,(H,15,17)(H,18,19). The molecule has 0 aromatic carbocycles. The summed E-state index contributed by atoms with van der Waals surface area (Å²) in [6.07, 6.45) is 5.25. The van der Waals surface area contributed by atoms with Crippen LogP contribution in [-0.2, 0) is 11.3 Å². The van der Waals surface area contributed by atoms with Gasteiger partial charge in [-0.05, 0) is 12.1 Å². The average Bonchev–Trinajstić information content (AvgIpc) is 2.41. The topological polar surface area (TPSA) is 114 Å². The fraction of sp³-hybridized carbons (Fsp3) is 0.0833. The molecule has 1 amide bonds. The maximum Gasteiger partial charge on any atom is 0.347 e. The van der Waals surface area contributed by atoms with Gasteiger partial charge in [-0.2, -0.15) is 0 Å². The van der Waals surface area contributed by atoms with Crippen molar-refractivity contribution in [2.45, 2.75) is 6.54 Å². The van der Waals surface area contributed by atoms with Crippen molar-refractivity contribution in [3.05, 3.63) is 53.0 Å². The maximum absolute atomic E-state index is 11.7. The number of nitrogens with zero attached hydrogens (tertiary/aromatic N) is 3. The van der Waals surface area contributed by atoms with E-state index in [4.69, 9.17) is 5.11 Å². The minimum Gasteiger partial charge on any atom is -0.478 e. The molecule has 0 saturated carbocycles. The van der Waals surface area contributed by atoms with Crippen LogP contribution in [0.2, 0.25) is 0 Å². The quantitative estimate of drug-likeness (QED) is 0.809. The number of rotatable bonds is 4. The second kappa shape index (κ2) is 5.74. The SMILES string of the molecule is O=C(Cn1cccnc1=O)Nc1cncc(C(=O)O)c1. The Kier molecular flexibility index (Phi) is 3.85. The van der Waals surface area contributed by atoms with Gasteiger partial charge in [0.1, 0.15) is 6.54 Å². The molecule has 2 N–H and O–H groups in total. The van der Waals surface area contributed by atoms with Crippen LogP contribution in [-0.4, -0.2) is 31.5 Å². The highest BCUT2D eigenvalue weighted by Gasteiger charge is 2.08. The number of carbonyl (C=O) groups excluding carboxylic acids is 1. The number of hydrogen-bond acceptors (Lipinski definition) is 5. The first kappa shape index (κ1) is 13.4. The number of pyridine rings is 1. The molecule has 0 saturated heterocycles. The number of carbonyl (C=O) groups is 2. The normalized spacial score (nSPS) is 10.0. The van der Waals surface area contributed by atoms with Crippen molar-refractivity contribution in [1.82, 2.24) is 14.5 Å². The molecule has 2 aromatic heterocycles. The van der Waals surface area contributed by atoms with Gasteiger partial charge in [0.15, 0.2) is 0 Å².